The van der Waals surface area contributed by atoms with E-state index < -0.39 is 30.5 Å². The second-order valence-electron chi connectivity index (χ2n) is 2.55. The predicted molar refractivity (Wildman–Crippen MR) is 34.4 cm³/mol. The van der Waals surface area contributed by atoms with Crippen LogP contribution in [0.25, 0.3) is 0 Å². The van der Waals surface area contributed by atoms with Gasteiger partial charge in [0, 0.05) is 6.07 Å². The van der Waals surface area contributed by atoms with Crippen LogP contribution in [0.1, 0.15) is 11.4 Å². The maximum Gasteiger partial charge on any atom is 0.435 e. The predicted octanol–water partition coefficient (Wildman–Crippen LogP) is 1.87. The zero-order valence-corrected chi connectivity index (χ0v) is 6.89. The molecule has 9 heteroatoms. The fourth-order valence-electron chi connectivity index (χ4n) is 0.891. The zero-order valence-electron chi connectivity index (χ0n) is 6.89. The number of hydrogen-bond donors (Lipinski definition) is 1. The molecular weight excluding hydrogens is 230 g/mol. The van der Waals surface area contributed by atoms with Gasteiger partial charge in [-0.25, -0.2) is 4.68 Å². The van der Waals surface area contributed by atoms with Crippen molar-refractivity contribution in [1.29, 1.82) is 0 Å². The van der Waals surface area contributed by atoms with Gasteiger partial charge in [-0.1, -0.05) is 0 Å². The lowest BCUT2D eigenvalue weighted by Gasteiger charge is -2.06. The molecule has 0 aliphatic rings. The summed E-state index contributed by atoms with van der Waals surface area (Å²) < 4.78 is 72.1. The summed E-state index contributed by atoms with van der Waals surface area (Å²) in [6, 6.07) is -0.157. The van der Waals surface area contributed by atoms with E-state index in [1.165, 1.54) is 0 Å². The minimum atomic E-state index is -4.99. The summed E-state index contributed by atoms with van der Waals surface area (Å²) in [5, 5.41) is 11.0. The lowest BCUT2D eigenvalue weighted by atomic mass is 10.3. The maximum absolute atomic E-state index is 12.1. The number of hydrogen-bond acceptors (Lipinski definition) is 2. The third-order valence-electron chi connectivity index (χ3n) is 1.49. The number of halogens is 6. The number of rotatable bonds is 1. The van der Waals surface area contributed by atoms with Crippen molar-refractivity contribution in [1.82, 2.24) is 9.78 Å². The molecule has 1 heterocycles. The summed E-state index contributed by atoms with van der Waals surface area (Å²) in [7, 11) is 0. The fraction of sp³-hybridized carbons (Fsp3) is 0.500. The van der Waals surface area contributed by atoms with Gasteiger partial charge in [-0.15, -0.1) is 0 Å². The lowest BCUT2D eigenvalue weighted by Crippen LogP contribution is -2.14. The first-order valence-electron chi connectivity index (χ1n) is 3.49. The molecular formula is C6H4F6N2O. The standard InChI is InChI=1S/C6H4F6N2O/c7-5(8,9)3-1-4(6(10,11)12)14(2-15)13-3/h1,15H,2H2. The van der Waals surface area contributed by atoms with E-state index in [9.17, 15) is 26.3 Å². The largest absolute Gasteiger partial charge is 0.435 e. The van der Waals surface area contributed by atoms with Gasteiger partial charge < -0.3 is 5.11 Å². The van der Waals surface area contributed by atoms with E-state index in [4.69, 9.17) is 5.11 Å². The Morgan fingerprint density at radius 3 is 1.93 bits per heavy atom. The molecule has 0 spiro atoms. The summed E-state index contributed by atoms with van der Waals surface area (Å²) in [5.41, 5.74) is -3.33. The highest BCUT2D eigenvalue weighted by Gasteiger charge is 2.41. The monoisotopic (exact) mass is 234 g/mol. The summed E-state index contributed by atoms with van der Waals surface area (Å²) in [6.45, 7) is -1.27. The summed E-state index contributed by atoms with van der Waals surface area (Å²) in [6.07, 6.45) is -9.96. The summed E-state index contributed by atoms with van der Waals surface area (Å²) in [5.74, 6) is 0. The molecule has 0 aromatic carbocycles. The quantitative estimate of drug-likeness (QED) is 0.753. The molecule has 1 aromatic heterocycles. The molecule has 1 rings (SSSR count). The van der Waals surface area contributed by atoms with Crippen LogP contribution in [0.15, 0.2) is 6.07 Å². The zero-order chi connectivity index (χ0) is 11.9. The minimum Gasteiger partial charge on any atom is -0.374 e. The van der Waals surface area contributed by atoms with Gasteiger partial charge in [-0.05, 0) is 0 Å². The third kappa shape index (κ3) is 2.41. The van der Waals surface area contributed by atoms with Crippen molar-refractivity contribution in [3.8, 4) is 0 Å². The van der Waals surface area contributed by atoms with Gasteiger partial charge in [-0.3, -0.25) is 0 Å². The van der Waals surface area contributed by atoms with Crippen molar-refractivity contribution >= 4 is 0 Å². The Kier molecular flexibility index (Phi) is 2.68. The third-order valence-corrected chi connectivity index (χ3v) is 1.49. The first-order chi connectivity index (χ1) is 6.66. The smallest absolute Gasteiger partial charge is 0.374 e. The number of alkyl halides is 6. The molecule has 1 aromatic rings. The second kappa shape index (κ2) is 3.40. The van der Waals surface area contributed by atoms with Crippen molar-refractivity contribution in [2.75, 3.05) is 0 Å². The van der Waals surface area contributed by atoms with Crippen LogP contribution in [-0.2, 0) is 19.1 Å². The number of aliphatic hydroxyl groups excluding tert-OH is 1. The van der Waals surface area contributed by atoms with Crippen molar-refractivity contribution < 1.29 is 31.4 Å². The number of aliphatic hydroxyl groups is 1. The second-order valence-corrected chi connectivity index (χ2v) is 2.55. The Morgan fingerprint density at radius 2 is 1.67 bits per heavy atom. The van der Waals surface area contributed by atoms with Gasteiger partial charge in [0.05, 0.1) is 0 Å². The number of nitrogens with zero attached hydrogens (tertiary/aromatic N) is 2. The van der Waals surface area contributed by atoms with Crippen LogP contribution in [0.5, 0.6) is 0 Å². The Balaban J connectivity index is 3.24. The topological polar surface area (TPSA) is 38.0 Å². The van der Waals surface area contributed by atoms with Crippen molar-refractivity contribution in [2.24, 2.45) is 0 Å². The highest BCUT2D eigenvalue weighted by atomic mass is 19.4. The molecule has 0 fully saturated rings. The first-order valence-corrected chi connectivity index (χ1v) is 3.49. The molecule has 3 nitrogen and oxygen atoms in total. The van der Waals surface area contributed by atoms with Gasteiger partial charge in [0.2, 0.25) is 0 Å². The van der Waals surface area contributed by atoms with Gasteiger partial charge in [0.1, 0.15) is 12.4 Å². The molecule has 0 unspecified atom stereocenters. The Hall–Kier alpha value is -1.25. The summed E-state index contributed by atoms with van der Waals surface area (Å²) in [4.78, 5) is 0. The van der Waals surface area contributed by atoms with Gasteiger partial charge in [-0.2, -0.15) is 31.4 Å². The maximum atomic E-state index is 12.1. The molecule has 0 saturated heterocycles. The molecule has 1 N–H and O–H groups in total. The molecule has 0 bridgehead atoms. The van der Waals surface area contributed by atoms with E-state index in [0.29, 0.717) is 0 Å². The van der Waals surface area contributed by atoms with Crippen LogP contribution in [0, 0.1) is 0 Å². The van der Waals surface area contributed by atoms with Crippen molar-refractivity contribution in [3.63, 3.8) is 0 Å². The minimum absolute atomic E-state index is 0.157. The molecule has 0 atom stereocenters. The van der Waals surface area contributed by atoms with Crippen LogP contribution in [0.3, 0.4) is 0 Å². The van der Waals surface area contributed by atoms with Crippen LogP contribution >= 0.6 is 0 Å². The number of aromatic nitrogens is 2. The van der Waals surface area contributed by atoms with Gasteiger partial charge in [0.25, 0.3) is 0 Å². The van der Waals surface area contributed by atoms with Crippen LogP contribution < -0.4 is 0 Å². The normalized spacial score (nSPS) is 13.3. The molecule has 0 saturated carbocycles. The molecule has 0 amide bonds. The van der Waals surface area contributed by atoms with Gasteiger partial charge >= 0.3 is 12.4 Å². The molecule has 0 radical (unpaired) electrons. The van der Waals surface area contributed by atoms with E-state index in [0.717, 1.165) is 0 Å². The lowest BCUT2D eigenvalue weighted by molar-refractivity contribution is -0.146. The van der Waals surface area contributed by atoms with E-state index >= 15 is 0 Å². The summed E-state index contributed by atoms with van der Waals surface area (Å²) >= 11 is 0. The highest BCUT2D eigenvalue weighted by Crippen LogP contribution is 2.34. The van der Waals surface area contributed by atoms with E-state index in [2.05, 4.69) is 5.10 Å². The van der Waals surface area contributed by atoms with E-state index in [1.807, 2.05) is 0 Å². The molecule has 0 aliphatic carbocycles. The Labute approximate surface area is 78.9 Å². The van der Waals surface area contributed by atoms with Crippen molar-refractivity contribution in [2.45, 2.75) is 19.1 Å². The van der Waals surface area contributed by atoms with Crippen molar-refractivity contribution in [3.05, 3.63) is 17.5 Å². The van der Waals surface area contributed by atoms with E-state index in [1.54, 1.807) is 0 Å². The van der Waals surface area contributed by atoms with Crippen LogP contribution in [0.2, 0.25) is 0 Å². The van der Waals surface area contributed by atoms with Crippen LogP contribution in [0.4, 0.5) is 26.3 Å². The SMILES string of the molecule is OCn1nc(C(F)(F)F)cc1C(F)(F)F. The average Bonchev–Trinajstić information content (AvgIpc) is 2.44. The molecule has 15 heavy (non-hydrogen) atoms. The fourth-order valence-corrected chi connectivity index (χ4v) is 0.891. The Bertz CT molecular complexity index is 351. The highest BCUT2D eigenvalue weighted by molar-refractivity contribution is 5.15. The van der Waals surface area contributed by atoms with E-state index in [-0.39, 0.29) is 10.7 Å². The van der Waals surface area contributed by atoms with Crippen LogP contribution in [-0.4, -0.2) is 14.9 Å². The first kappa shape index (κ1) is 11.8. The average molecular weight is 234 g/mol. The Morgan fingerprint density at radius 1 is 1.13 bits per heavy atom. The van der Waals surface area contributed by atoms with Gasteiger partial charge in [0.15, 0.2) is 5.69 Å². The molecule has 0 aliphatic heterocycles. The molecule has 86 valence electrons.